The van der Waals surface area contributed by atoms with Gasteiger partial charge in [-0.15, -0.1) is 0 Å². The molecule has 0 spiro atoms. The Morgan fingerprint density at radius 1 is 1.03 bits per heavy atom. The van der Waals surface area contributed by atoms with Crippen LogP contribution in [-0.4, -0.2) is 36.4 Å². The van der Waals surface area contributed by atoms with Crippen LogP contribution in [0.1, 0.15) is 67.6 Å². The van der Waals surface area contributed by atoms with Crippen LogP contribution in [0, 0.1) is 5.92 Å². The van der Waals surface area contributed by atoms with Gasteiger partial charge in [-0.3, -0.25) is 14.8 Å². The Labute approximate surface area is 228 Å². The average Bonchev–Trinajstić information content (AvgIpc) is 3.10. The second-order valence-electron chi connectivity index (χ2n) is 10.5. The van der Waals surface area contributed by atoms with E-state index < -0.39 is 15.8 Å². The fourth-order valence-electron chi connectivity index (χ4n) is 5.62. The lowest BCUT2D eigenvalue weighted by atomic mass is 9.77. The van der Waals surface area contributed by atoms with E-state index in [1.54, 1.807) is 24.4 Å². The molecule has 2 aromatic carbocycles. The van der Waals surface area contributed by atoms with Gasteiger partial charge < -0.3 is 5.11 Å². The number of benzene rings is 2. The largest absolute Gasteiger partial charge is 0.481 e. The van der Waals surface area contributed by atoms with Crippen LogP contribution in [-0.2, 0) is 21.1 Å². The molecule has 6 nitrogen and oxygen atoms in total. The lowest BCUT2D eigenvalue weighted by molar-refractivity contribution is -0.138. The Hall–Kier alpha value is -3.03. The van der Waals surface area contributed by atoms with Crippen LogP contribution in [0.2, 0.25) is 5.02 Å². The number of sulfone groups is 1. The van der Waals surface area contributed by atoms with Gasteiger partial charge in [0, 0.05) is 30.0 Å². The van der Waals surface area contributed by atoms with Crippen LogP contribution in [0.15, 0.2) is 64.6 Å². The number of halogens is 1. The fourth-order valence-corrected chi connectivity index (χ4v) is 6.55. The van der Waals surface area contributed by atoms with Crippen molar-refractivity contribution >= 4 is 38.8 Å². The van der Waals surface area contributed by atoms with Gasteiger partial charge in [-0.05, 0) is 92.2 Å². The number of pyridine rings is 1. The number of aliphatic imine (C=N–C) groups is 1. The monoisotopic (exact) mass is 550 g/mol. The zero-order valence-corrected chi connectivity index (χ0v) is 22.9. The molecule has 1 aliphatic heterocycles. The normalized spacial score (nSPS) is 19.8. The highest BCUT2D eigenvalue weighted by Gasteiger charge is 2.24. The van der Waals surface area contributed by atoms with Crippen molar-refractivity contribution in [3.05, 3.63) is 76.4 Å². The molecule has 0 atom stereocenters. The van der Waals surface area contributed by atoms with Crippen molar-refractivity contribution in [2.75, 3.05) is 6.26 Å². The number of aliphatic carboxylic acids is 1. The summed E-state index contributed by atoms with van der Waals surface area (Å²) in [7, 11) is -3.27. The molecule has 8 heteroatoms. The number of carboxylic acid groups (broad SMARTS) is 1. The highest BCUT2D eigenvalue weighted by atomic mass is 35.5. The highest BCUT2D eigenvalue weighted by Crippen LogP contribution is 2.38. The van der Waals surface area contributed by atoms with Crippen molar-refractivity contribution in [1.82, 2.24) is 4.98 Å². The number of carboxylic acids is 1. The predicted molar refractivity (Wildman–Crippen MR) is 150 cm³/mol. The Bertz CT molecular complexity index is 1490. The molecule has 38 heavy (non-hydrogen) atoms. The molecule has 1 aromatic heterocycles. The molecule has 0 saturated heterocycles. The van der Waals surface area contributed by atoms with E-state index in [1.807, 2.05) is 6.07 Å². The van der Waals surface area contributed by atoms with E-state index >= 15 is 0 Å². The topological polar surface area (TPSA) is 96.7 Å². The molecular formula is C30H31ClN2O4S. The second kappa shape index (κ2) is 11.0. The van der Waals surface area contributed by atoms with Crippen molar-refractivity contribution in [3.8, 4) is 11.3 Å². The molecule has 1 aliphatic carbocycles. The van der Waals surface area contributed by atoms with Gasteiger partial charge in [-0.2, -0.15) is 0 Å². The lowest BCUT2D eigenvalue weighted by Gasteiger charge is -2.28. The highest BCUT2D eigenvalue weighted by molar-refractivity contribution is 7.90. The van der Waals surface area contributed by atoms with Gasteiger partial charge in [0.25, 0.3) is 0 Å². The molecule has 0 bridgehead atoms. The molecule has 198 valence electrons. The zero-order chi connectivity index (χ0) is 26.9. The minimum Gasteiger partial charge on any atom is -0.481 e. The Morgan fingerprint density at radius 2 is 1.76 bits per heavy atom. The summed E-state index contributed by atoms with van der Waals surface area (Å²) in [6.45, 7) is 0. The van der Waals surface area contributed by atoms with Crippen LogP contribution < -0.4 is 0 Å². The first kappa shape index (κ1) is 26.6. The van der Waals surface area contributed by atoms with Crippen LogP contribution in [0.5, 0.6) is 0 Å². The Kier molecular flexibility index (Phi) is 7.68. The first-order valence-corrected chi connectivity index (χ1v) is 15.3. The number of aryl methyl sites for hydroxylation is 1. The Morgan fingerprint density at radius 3 is 2.42 bits per heavy atom. The predicted octanol–water partition coefficient (Wildman–Crippen LogP) is 7.01. The van der Waals surface area contributed by atoms with Crippen molar-refractivity contribution in [1.29, 1.82) is 0 Å². The van der Waals surface area contributed by atoms with Crippen molar-refractivity contribution in [2.24, 2.45) is 10.9 Å². The zero-order valence-electron chi connectivity index (χ0n) is 21.4. The minimum absolute atomic E-state index is 0.275. The number of rotatable bonds is 6. The third kappa shape index (κ3) is 6.00. The fraction of sp³-hybridized carbons (Fsp3) is 0.367. The van der Waals surface area contributed by atoms with E-state index in [9.17, 15) is 13.2 Å². The summed E-state index contributed by atoms with van der Waals surface area (Å²) in [4.78, 5) is 20.8. The number of fused-ring (bicyclic) bond motifs is 1. The van der Waals surface area contributed by atoms with Gasteiger partial charge in [-0.1, -0.05) is 35.9 Å². The van der Waals surface area contributed by atoms with Gasteiger partial charge in [0.05, 0.1) is 27.0 Å². The number of carbonyl (C=O) groups is 1. The van der Waals surface area contributed by atoms with E-state index in [4.69, 9.17) is 26.7 Å². The van der Waals surface area contributed by atoms with Crippen LogP contribution in [0.3, 0.4) is 0 Å². The number of aromatic nitrogens is 1. The number of hydrogen-bond donors (Lipinski definition) is 1. The SMILES string of the molecule is CS(=O)(=O)c1ccc2c(c1)CCCC(c1cnc(-c3ccc(C4CCC(CC(=O)O)CC4)cc3)cc1Cl)=N2. The number of hydrogen-bond acceptors (Lipinski definition) is 5. The quantitative estimate of drug-likeness (QED) is 0.356. The molecule has 0 radical (unpaired) electrons. The maximum absolute atomic E-state index is 11.9. The molecule has 2 heterocycles. The second-order valence-corrected chi connectivity index (χ2v) is 12.9. The molecule has 0 amide bonds. The van der Waals surface area contributed by atoms with Crippen LogP contribution in [0.4, 0.5) is 5.69 Å². The van der Waals surface area contributed by atoms with E-state index in [0.29, 0.717) is 21.8 Å². The molecule has 5 rings (SSSR count). The maximum Gasteiger partial charge on any atom is 0.303 e. The lowest BCUT2D eigenvalue weighted by Crippen LogP contribution is -2.16. The summed E-state index contributed by atoms with van der Waals surface area (Å²) < 4.78 is 23.9. The van der Waals surface area contributed by atoms with E-state index in [-0.39, 0.29) is 6.42 Å². The summed E-state index contributed by atoms with van der Waals surface area (Å²) >= 11 is 6.74. The van der Waals surface area contributed by atoms with Gasteiger partial charge in [0.1, 0.15) is 0 Å². The van der Waals surface area contributed by atoms with E-state index in [2.05, 4.69) is 24.3 Å². The first-order valence-electron chi connectivity index (χ1n) is 13.1. The summed E-state index contributed by atoms with van der Waals surface area (Å²) in [6, 6.07) is 15.4. The van der Waals surface area contributed by atoms with Crippen LogP contribution >= 0.6 is 11.6 Å². The van der Waals surface area contributed by atoms with Gasteiger partial charge in [0.15, 0.2) is 9.84 Å². The molecule has 0 unspecified atom stereocenters. The molecule has 2 aliphatic rings. The summed E-state index contributed by atoms with van der Waals surface area (Å²) in [5.74, 6) is 0.0659. The maximum atomic E-state index is 11.9. The van der Waals surface area contributed by atoms with Crippen molar-refractivity contribution in [2.45, 2.75) is 62.2 Å². The first-order chi connectivity index (χ1) is 18.2. The van der Waals surface area contributed by atoms with Gasteiger partial charge >= 0.3 is 5.97 Å². The smallest absolute Gasteiger partial charge is 0.303 e. The minimum atomic E-state index is -3.27. The van der Waals surface area contributed by atoms with Gasteiger partial charge in [0.2, 0.25) is 0 Å². The summed E-state index contributed by atoms with van der Waals surface area (Å²) in [5.41, 5.74) is 6.43. The van der Waals surface area contributed by atoms with E-state index in [1.165, 1.54) is 11.8 Å². The molecule has 1 fully saturated rings. The summed E-state index contributed by atoms with van der Waals surface area (Å²) in [5, 5.41) is 9.63. The third-order valence-corrected chi connectivity index (χ3v) is 9.17. The average molecular weight is 551 g/mol. The third-order valence-electron chi connectivity index (χ3n) is 7.75. The molecule has 3 aromatic rings. The van der Waals surface area contributed by atoms with E-state index in [0.717, 1.165) is 78.7 Å². The standard InChI is InChI=1S/C30H31ClN2O4S/c1-38(36,37)24-13-14-27-23(16-24)3-2-4-28(33-27)25-18-32-29(17-26(25)31)22-11-9-21(10-12-22)20-7-5-19(6-8-20)15-30(34)35/h9-14,16-20H,2-8,15H2,1H3,(H,34,35). The molecule has 1 saturated carbocycles. The van der Waals surface area contributed by atoms with Crippen LogP contribution in [0.25, 0.3) is 11.3 Å². The van der Waals surface area contributed by atoms with Crippen molar-refractivity contribution < 1.29 is 18.3 Å². The number of nitrogens with zero attached hydrogens (tertiary/aromatic N) is 2. The van der Waals surface area contributed by atoms with Crippen molar-refractivity contribution in [3.63, 3.8) is 0 Å². The summed E-state index contributed by atoms with van der Waals surface area (Å²) in [6.07, 6.45) is 9.58. The van der Waals surface area contributed by atoms with Gasteiger partial charge in [-0.25, -0.2) is 8.42 Å². The molecular weight excluding hydrogens is 520 g/mol. The molecule has 1 N–H and O–H groups in total. The Balaban J connectivity index is 1.32.